The monoisotopic (exact) mass is 248 g/mol. The fraction of sp³-hybridized carbons (Fsp3) is 0.385. The fourth-order valence-electron chi connectivity index (χ4n) is 2.14. The van der Waals surface area contributed by atoms with E-state index in [0.717, 1.165) is 11.3 Å². The number of anilines is 1. The average molecular weight is 248 g/mol. The van der Waals surface area contributed by atoms with Gasteiger partial charge in [0, 0.05) is 26.6 Å². The van der Waals surface area contributed by atoms with Crippen LogP contribution in [-0.4, -0.2) is 35.6 Å². The van der Waals surface area contributed by atoms with Crippen LogP contribution in [0.25, 0.3) is 0 Å². The standard InChI is InChI=1S/C13H16N2O3/c1-14-9-10-5-2-3-6-11(10)15(13(14)18)8-4-7-12(16)17/h2-3,5-6H,4,7-9H2,1H3,(H,16,17). The van der Waals surface area contributed by atoms with Gasteiger partial charge in [-0.25, -0.2) is 4.79 Å². The second-order valence-corrected chi connectivity index (χ2v) is 4.42. The van der Waals surface area contributed by atoms with Crippen molar-refractivity contribution in [1.82, 2.24) is 4.90 Å². The first-order valence-corrected chi connectivity index (χ1v) is 5.92. The van der Waals surface area contributed by atoms with Crippen LogP contribution in [-0.2, 0) is 11.3 Å². The largest absolute Gasteiger partial charge is 0.481 e. The maximum Gasteiger partial charge on any atom is 0.324 e. The average Bonchev–Trinajstić information content (AvgIpc) is 2.33. The van der Waals surface area contributed by atoms with Crippen molar-refractivity contribution >= 4 is 17.7 Å². The SMILES string of the molecule is CN1Cc2ccccc2N(CCCC(=O)O)C1=O. The van der Waals surface area contributed by atoms with Gasteiger partial charge in [0.2, 0.25) is 0 Å². The molecule has 0 fully saturated rings. The summed E-state index contributed by atoms with van der Waals surface area (Å²) >= 11 is 0. The highest BCUT2D eigenvalue weighted by Gasteiger charge is 2.27. The Bertz CT molecular complexity index is 473. The third-order valence-corrected chi connectivity index (χ3v) is 3.02. The molecule has 0 saturated carbocycles. The van der Waals surface area contributed by atoms with Crippen molar-refractivity contribution in [2.75, 3.05) is 18.5 Å². The summed E-state index contributed by atoms with van der Waals surface area (Å²) in [5, 5.41) is 8.64. The number of rotatable bonds is 4. The maximum absolute atomic E-state index is 12.1. The maximum atomic E-state index is 12.1. The minimum atomic E-state index is -0.832. The number of amides is 2. The van der Waals surface area contributed by atoms with E-state index in [1.165, 1.54) is 0 Å². The molecular formula is C13H16N2O3. The molecule has 1 aromatic carbocycles. The summed E-state index contributed by atoms with van der Waals surface area (Å²) in [4.78, 5) is 25.9. The summed E-state index contributed by atoms with van der Waals surface area (Å²) in [6, 6.07) is 7.65. The van der Waals surface area contributed by atoms with Crippen LogP contribution in [0.4, 0.5) is 10.5 Å². The molecule has 0 spiro atoms. The van der Waals surface area contributed by atoms with Crippen LogP contribution in [0, 0.1) is 0 Å². The fourth-order valence-corrected chi connectivity index (χ4v) is 2.14. The highest BCUT2D eigenvalue weighted by atomic mass is 16.4. The summed E-state index contributed by atoms with van der Waals surface area (Å²) in [6.07, 6.45) is 0.541. The van der Waals surface area contributed by atoms with Gasteiger partial charge in [0.05, 0.1) is 5.69 Å². The Balaban J connectivity index is 2.16. The number of urea groups is 1. The number of aliphatic carboxylic acids is 1. The van der Waals surface area contributed by atoms with Crippen LogP contribution in [0.15, 0.2) is 24.3 Å². The third kappa shape index (κ3) is 2.45. The highest BCUT2D eigenvalue weighted by Crippen LogP contribution is 2.27. The van der Waals surface area contributed by atoms with Gasteiger partial charge in [-0.3, -0.25) is 9.69 Å². The van der Waals surface area contributed by atoms with E-state index >= 15 is 0 Å². The number of carboxylic acid groups (broad SMARTS) is 1. The van der Waals surface area contributed by atoms with E-state index in [9.17, 15) is 9.59 Å². The molecule has 5 heteroatoms. The molecule has 0 atom stereocenters. The van der Waals surface area contributed by atoms with Gasteiger partial charge < -0.3 is 10.0 Å². The zero-order valence-corrected chi connectivity index (χ0v) is 10.3. The quantitative estimate of drug-likeness (QED) is 0.885. The van der Waals surface area contributed by atoms with Crippen molar-refractivity contribution in [2.24, 2.45) is 0 Å². The lowest BCUT2D eigenvalue weighted by Crippen LogP contribution is -2.45. The highest BCUT2D eigenvalue weighted by molar-refractivity contribution is 5.94. The summed E-state index contributed by atoms with van der Waals surface area (Å²) in [7, 11) is 1.75. The number of nitrogens with zero attached hydrogens (tertiary/aromatic N) is 2. The molecule has 0 saturated heterocycles. The summed E-state index contributed by atoms with van der Waals surface area (Å²) in [5.41, 5.74) is 1.99. The molecule has 0 aromatic heterocycles. The van der Waals surface area contributed by atoms with E-state index in [2.05, 4.69) is 0 Å². The van der Waals surface area contributed by atoms with Gasteiger partial charge >= 0.3 is 12.0 Å². The smallest absolute Gasteiger partial charge is 0.324 e. The number of carbonyl (C=O) groups is 2. The van der Waals surface area contributed by atoms with Gasteiger partial charge in [-0.15, -0.1) is 0 Å². The van der Waals surface area contributed by atoms with Crippen molar-refractivity contribution in [3.05, 3.63) is 29.8 Å². The predicted octanol–water partition coefficient (Wildman–Crippen LogP) is 1.92. The molecule has 1 aliphatic heterocycles. The number of carboxylic acids is 1. The first-order chi connectivity index (χ1) is 8.59. The van der Waals surface area contributed by atoms with E-state index in [0.29, 0.717) is 19.5 Å². The molecule has 1 heterocycles. The Kier molecular flexibility index (Phi) is 3.50. The van der Waals surface area contributed by atoms with Crippen LogP contribution in [0.2, 0.25) is 0 Å². The van der Waals surface area contributed by atoms with Crippen molar-refractivity contribution in [3.63, 3.8) is 0 Å². The molecule has 96 valence electrons. The lowest BCUT2D eigenvalue weighted by Gasteiger charge is -2.35. The van der Waals surface area contributed by atoms with Crippen LogP contribution < -0.4 is 4.90 Å². The van der Waals surface area contributed by atoms with Crippen LogP contribution >= 0.6 is 0 Å². The lowest BCUT2D eigenvalue weighted by atomic mass is 10.1. The molecule has 18 heavy (non-hydrogen) atoms. The third-order valence-electron chi connectivity index (χ3n) is 3.02. The summed E-state index contributed by atoms with van der Waals surface area (Å²) in [5.74, 6) is -0.832. The van der Waals surface area contributed by atoms with E-state index in [-0.39, 0.29) is 12.5 Å². The van der Waals surface area contributed by atoms with Gasteiger partial charge in [0.25, 0.3) is 0 Å². The van der Waals surface area contributed by atoms with E-state index < -0.39 is 5.97 Å². The Morgan fingerprint density at radius 2 is 2.11 bits per heavy atom. The molecule has 2 rings (SSSR count). The molecule has 0 radical (unpaired) electrons. The van der Waals surface area contributed by atoms with Crippen molar-refractivity contribution < 1.29 is 14.7 Å². The van der Waals surface area contributed by atoms with Gasteiger partial charge in [-0.05, 0) is 18.1 Å². The first kappa shape index (κ1) is 12.4. The Morgan fingerprint density at radius 1 is 1.39 bits per heavy atom. The Morgan fingerprint density at radius 3 is 2.83 bits per heavy atom. The lowest BCUT2D eigenvalue weighted by molar-refractivity contribution is -0.137. The van der Waals surface area contributed by atoms with Crippen molar-refractivity contribution in [1.29, 1.82) is 0 Å². The molecule has 0 unspecified atom stereocenters. The van der Waals surface area contributed by atoms with Crippen LogP contribution in [0.5, 0.6) is 0 Å². The van der Waals surface area contributed by atoms with Crippen molar-refractivity contribution in [2.45, 2.75) is 19.4 Å². The number of fused-ring (bicyclic) bond motifs is 1. The van der Waals surface area contributed by atoms with E-state index in [4.69, 9.17) is 5.11 Å². The van der Waals surface area contributed by atoms with E-state index in [1.807, 2.05) is 24.3 Å². The van der Waals surface area contributed by atoms with Crippen molar-refractivity contribution in [3.8, 4) is 0 Å². The van der Waals surface area contributed by atoms with Gasteiger partial charge in [0.1, 0.15) is 0 Å². The molecule has 1 aliphatic rings. The first-order valence-electron chi connectivity index (χ1n) is 5.92. The molecule has 1 aromatic rings. The zero-order valence-electron chi connectivity index (χ0n) is 10.3. The Labute approximate surface area is 106 Å². The molecule has 2 amide bonds. The van der Waals surface area contributed by atoms with Gasteiger partial charge in [0.15, 0.2) is 0 Å². The van der Waals surface area contributed by atoms with Gasteiger partial charge in [-0.1, -0.05) is 18.2 Å². The number of carbonyl (C=O) groups excluding carboxylic acids is 1. The molecular weight excluding hydrogens is 232 g/mol. The predicted molar refractivity (Wildman–Crippen MR) is 67.5 cm³/mol. The van der Waals surface area contributed by atoms with Crippen LogP contribution in [0.1, 0.15) is 18.4 Å². The van der Waals surface area contributed by atoms with E-state index in [1.54, 1.807) is 16.8 Å². The normalized spacial score (nSPS) is 14.6. The molecule has 5 nitrogen and oxygen atoms in total. The number of para-hydroxylation sites is 1. The molecule has 1 N–H and O–H groups in total. The second-order valence-electron chi connectivity index (χ2n) is 4.42. The second kappa shape index (κ2) is 5.08. The molecule has 0 bridgehead atoms. The minimum absolute atomic E-state index is 0.0703. The zero-order chi connectivity index (χ0) is 13.1. The topological polar surface area (TPSA) is 60.9 Å². The Hall–Kier alpha value is -2.04. The summed E-state index contributed by atoms with van der Waals surface area (Å²) in [6.45, 7) is 1.04. The summed E-state index contributed by atoms with van der Waals surface area (Å²) < 4.78 is 0. The van der Waals surface area contributed by atoms with Crippen LogP contribution in [0.3, 0.4) is 0 Å². The molecule has 0 aliphatic carbocycles. The van der Waals surface area contributed by atoms with Gasteiger partial charge in [-0.2, -0.15) is 0 Å². The number of hydrogen-bond acceptors (Lipinski definition) is 2. The number of hydrogen-bond donors (Lipinski definition) is 1. The minimum Gasteiger partial charge on any atom is -0.481 e. The number of benzene rings is 1.